The normalized spacial score (nSPS) is 11.6. The molecule has 126 valence electrons. The zero-order valence-electron chi connectivity index (χ0n) is 13.4. The average Bonchev–Trinajstić information content (AvgIpc) is 2.89. The number of anilines is 1. The van der Waals surface area contributed by atoms with Crippen LogP contribution in [-0.4, -0.2) is 22.9 Å². The predicted octanol–water partition coefficient (Wildman–Crippen LogP) is 2.38. The van der Waals surface area contributed by atoms with Gasteiger partial charge in [-0.25, -0.2) is 8.75 Å². The summed E-state index contributed by atoms with van der Waals surface area (Å²) in [7, 11) is 1.25. The maximum absolute atomic E-state index is 12.4. The quantitative estimate of drug-likeness (QED) is 0.643. The maximum Gasteiger partial charge on any atom is 0.334 e. The number of amides is 1. The van der Waals surface area contributed by atoms with Crippen LogP contribution in [0.1, 0.15) is 18.5 Å². The Hall–Kier alpha value is -2.67. The molecule has 1 aromatic carbocycles. The van der Waals surface area contributed by atoms with Crippen LogP contribution in [0.5, 0.6) is 0 Å². The lowest BCUT2D eigenvalue weighted by Gasteiger charge is -2.14. The molecule has 1 atom stereocenters. The van der Waals surface area contributed by atoms with E-state index in [9.17, 15) is 14.4 Å². The number of rotatable bonds is 6. The van der Waals surface area contributed by atoms with E-state index in [1.54, 1.807) is 6.92 Å². The number of carbonyl (C=O) groups is 2. The van der Waals surface area contributed by atoms with Gasteiger partial charge >= 0.3 is 5.97 Å². The van der Waals surface area contributed by atoms with Crippen LogP contribution < -0.4 is 10.9 Å². The predicted molar refractivity (Wildman–Crippen MR) is 93.2 cm³/mol. The second-order valence-corrected chi connectivity index (χ2v) is 6.09. The summed E-state index contributed by atoms with van der Waals surface area (Å²) in [5, 5.41) is 4.09. The van der Waals surface area contributed by atoms with Gasteiger partial charge in [0.25, 0.3) is 5.56 Å². The molecule has 1 N–H and O–H groups in total. The van der Waals surface area contributed by atoms with Crippen LogP contribution in [0, 0.1) is 0 Å². The van der Waals surface area contributed by atoms with E-state index in [-0.39, 0.29) is 18.0 Å². The van der Waals surface area contributed by atoms with Gasteiger partial charge in [-0.15, -0.1) is 0 Å². The molecule has 2 rings (SSSR count). The fourth-order valence-electron chi connectivity index (χ4n) is 2.17. The second kappa shape index (κ2) is 7.74. The molecule has 24 heavy (non-hydrogen) atoms. The van der Waals surface area contributed by atoms with Crippen LogP contribution >= 0.6 is 11.5 Å². The van der Waals surface area contributed by atoms with Crippen molar-refractivity contribution in [3.05, 3.63) is 63.8 Å². The van der Waals surface area contributed by atoms with E-state index in [2.05, 4.69) is 11.9 Å². The van der Waals surface area contributed by atoms with E-state index in [1.165, 1.54) is 16.4 Å². The highest BCUT2D eigenvalue weighted by atomic mass is 32.1. The van der Waals surface area contributed by atoms with Gasteiger partial charge in [0.1, 0.15) is 5.69 Å². The first-order chi connectivity index (χ1) is 11.4. The van der Waals surface area contributed by atoms with Gasteiger partial charge in [-0.2, -0.15) is 0 Å². The van der Waals surface area contributed by atoms with Crippen molar-refractivity contribution in [3.8, 4) is 0 Å². The number of hydrogen-bond acceptors (Lipinski definition) is 5. The Morgan fingerprint density at radius 3 is 2.58 bits per heavy atom. The van der Waals surface area contributed by atoms with Crippen molar-refractivity contribution in [2.24, 2.45) is 0 Å². The SMILES string of the molecule is C=C(C)C(C(=O)OC)n1scc(NC(=O)Cc2ccccc2)c1=O. The van der Waals surface area contributed by atoms with Gasteiger partial charge < -0.3 is 10.1 Å². The van der Waals surface area contributed by atoms with Crippen molar-refractivity contribution >= 4 is 29.1 Å². The van der Waals surface area contributed by atoms with Crippen molar-refractivity contribution in [2.45, 2.75) is 19.4 Å². The lowest BCUT2D eigenvalue weighted by molar-refractivity contribution is -0.143. The molecule has 0 aliphatic rings. The maximum atomic E-state index is 12.4. The highest BCUT2D eigenvalue weighted by molar-refractivity contribution is 7.04. The number of benzene rings is 1. The van der Waals surface area contributed by atoms with Gasteiger partial charge in [0, 0.05) is 5.38 Å². The van der Waals surface area contributed by atoms with Crippen LogP contribution in [0.3, 0.4) is 0 Å². The number of nitrogens with zero attached hydrogens (tertiary/aromatic N) is 1. The minimum absolute atomic E-state index is 0.135. The minimum Gasteiger partial charge on any atom is -0.467 e. The fourth-order valence-corrected chi connectivity index (χ4v) is 3.13. The summed E-state index contributed by atoms with van der Waals surface area (Å²) in [5.74, 6) is -0.873. The van der Waals surface area contributed by atoms with E-state index >= 15 is 0 Å². The molecule has 0 saturated carbocycles. The van der Waals surface area contributed by atoms with Gasteiger partial charge in [-0.05, 0) is 18.1 Å². The summed E-state index contributed by atoms with van der Waals surface area (Å²) < 4.78 is 5.95. The monoisotopic (exact) mass is 346 g/mol. The molecule has 7 heteroatoms. The summed E-state index contributed by atoms with van der Waals surface area (Å²) in [6, 6.07) is 8.32. The van der Waals surface area contributed by atoms with Crippen LogP contribution in [0.4, 0.5) is 5.69 Å². The first kappa shape index (κ1) is 17.7. The van der Waals surface area contributed by atoms with Gasteiger partial charge in [0.05, 0.1) is 13.5 Å². The highest BCUT2D eigenvalue weighted by Crippen LogP contribution is 2.20. The molecule has 0 aliphatic heterocycles. The summed E-state index contributed by atoms with van der Waals surface area (Å²) in [4.78, 5) is 36.4. The molecule has 0 radical (unpaired) electrons. The third-order valence-corrected chi connectivity index (χ3v) is 4.27. The first-order valence-electron chi connectivity index (χ1n) is 7.21. The van der Waals surface area contributed by atoms with Crippen molar-refractivity contribution in [1.29, 1.82) is 0 Å². The number of nitrogens with one attached hydrogen (secondary N) is 1. The topological polar surface area (TPSA) is 77.4 Å². The van der Waals surface area contributed by atoms with E-state index in [0.29, 0.717) is 5.57 Å². The Labute approximate surface area is 143 Å². The summed E-state index contributed by atoms with van der Waals surface area (Å²) >= 11 is 1.03. The van der Waals surface area contributed by atoms with Crippen molar-refractivity contribution in [1.82, 2.24) is 3.96 Å². The number of methoxy groups -OCH3 is 1. The van der Waals surface area contributed by atoms with E-state index < -0.39 is 17.6 Å². The molecule has 1 amide bonds. The third kappa shape index (κ3) is 3.99. The molecule has 1 unspecified atom stereocenters. The number of ether oxygens (including phenoxy) is 1. The minimum atomic E-state index is -0.896. The molecule has 2 aromatic rings. The Balaban J connectivity index is 2.17. The number of carbonyl (C=O) groups excluding carboxylic acids is 2. The van der Waals surface area contributed by atoms with E-state index in [0.717, 1.165) is 17.1 Å². The highest BCUT2D eigenvalue weighted by Gasteiger charge is 2.26. The van der Waals surface area contributed by atoms with Gasteiger partial charge in [0.2, 0.25) is 5.91 Å². The standard InChI is InChI=1S/C17H18N2O4S/c1-11(2)15(17(22)23-3)19-16(21)13(10-24-19)18-14(20)9-12-7-5-4-6-8-12/h4-8,10,15H,1,9H2,2-3H3,(H,18,20). The molecule has 0 saturated heterocycles. The van der Waals surface area contributed by atoms with Gasteiger partial charge in [-0.3, -0.25) is 9.59 Å². The van der Waals surface area contributed by atoms with Crippen LogP contribution in [0.2, 0.25) is 0 Å². The Kier molecular flexibility index (Phi) is 5.70. The summed E-state index contributed by atoms with van der Waals surface area (Å²) in [6.07, 6.45) is 0.164. The largest absolute Gasteiger partial charge is 0.467 e. The van der Waals surface area contributed by atoms with Gasteiger partial charge in [0.15, 0.2) is 6.04 Å². The molecule has 6 nitrogen and oxygen atoms in total. The molecule has 1 aromatic heterocycles. The third-order valence-electron chi connectivity index (χ3n) is 3.32. The van der Waals surface area contributed by atoms with Crippen LogP contribution in [0.15, 0.2) is 52.7 Å². The molecule has 0 aliphatic carbocycles. The smallest absolute Gasteiger partial charge is 0.334 e. The van der Waals surface area contributed by atoms with Crippen LogP contribution in [0.25, 0.3) is 0 Å². The summed E-state index contributed by atoms with van der Waals surface area (Å²) in [6.45, 7) is 5.37. The Bertz CT molecular complexity index is 807. The number of esters is 1. The molecule has 0 fully saturated rings. The summed E-state index contributed by atoms with van der Waals surface area (Å²) in [5.41, 5.74) is 1.00. The first-order valence-corrected chi connectivity index (χ1v) is 8.05. The number of hydrogen-bond donors (Lipinski definition) is 1. The molecule has 1 heterocycles. The molecular weight excluding hydrogens is 328 g/mol. The van der Waals surface area contributed by atoms with E-state index in [4.69, 9.17) is 4.74 Å². The van der Waals surface area contributed by atoms with Crippen LogP contribution in [-0.2, 0) is 20.7 Å². The van der Waals surface area contributed by atoms with E-state index in [1.807, 2.05) is 30.3 Å². The zero-order valence-corrected chi connectivity index (χ0v) is 14.3. The Morgan fingerprint density at radius 1 is 1.33 bits per heavy atom. The van der Waals surface area contributed by atoms with Crippen molar-refractivity contribution in [2.75, 3.05) is 12.4 Å². The zero-order chi connectivity index (χ0) is 17.7. The average molecular weight is 346 g/mol. The fraction of sp³-hybridized carbons (Fsp3) is 0.235. The number of aromatic nitrogens is 1. The van der Waals surface area contributed by atoms with Crippen molar-refractivity contribution in [3.63, 3.8) is 0 Å². The second-order valence-electron chi connectivity index (χ2n) is 5.25. The van der Waals surface area contributed by atoms with Crippen molar-refractivity contribution < 1.29 is 14.3 Å². The molecular formula is C17H18N2O4S. The molecule has 0 bridgehead atoms. The van der Waals surface area contributed by atoms with Gasteiger partial charge in [-0.1, -0.05) is 48.4 Å². The lowest BCUT2D eigenvalue weighted by Crippen LogP contribution is -2.29. The molecule has 0 spiro atoms. The lowest BCUT2D eigenvalue weighted by atomic mass is 10.1. The Morgan fingerprint density at radius 2 is 2.00 bits per heavy atom.